The van der Waals surface area contributed by atoms with Crippen molar-refractivity contribution in [2.24, 2.45) is 5.92 Å². The zero-order valence-electron chi connectivity index (χ0n) is 6.91. The Morgan fingerprint density at radius 3 is 2.58 bits per heavy atom. The third-order valence-electron chi connectivity index (χ3n) is 1.99. The molecule has 4 nitrogen and oxygen atoms in total. The van der Waals surface area contributed by atoms with Crippen molar-refractivity contribution < 1.29 is 9.59 Å². The van der Waals surface area contributed by atoms with Crippen LogP contribution in [-0.2, 0) is 9.59 Å². The van der Waals surface area contributed by atoms with Gasteiger partial charge in [0.15, 0.2) is 0 Å². The smallest absolute Gasteiger partial charge is 0.232 e. The Morgan fingerprint density at radius 2 is 2.17 bits per heavy atom. The normalized spacial score (nSPS) is 17.0. The lowest BCUT2D eigenvalue weighted by Crippen LogP contribution is -2.55. The molecule has 1 N–H and O–H groups in total. The SMILES string of the molecule is CNC(=O)C1CN(C(=O)CS)C1. The van der Waals surface area contributed by atoms with Crippen LogP contribution in [0.2, 0.25) is 0 Å². The molecule has 0 saturated carbocycles. The second-order valence-electron chi connectivity index (χ2n) is 2.77. The molecule has 1 heterocycles. The summed E-state index contributed by atoms with van der Waals surface area (Å²) in [6, 6.07) is 0. The summed E-state index contributed by atoms with van der Waals surface area (Å²) in [5.74, 6) is 0.219. The summed E-state index contributed by atoms with van der Waals surface area (Å²) in [4.78, 5) is 23.6. The third kappa shape index (κ3) is 1.72. The van der Waals surface area contributed by atoms with Crippen molar-refractivity contribution in [3.8, 4) is 0 Å². The van der Waals surface area contributed by atoms with Gasteiger partial charge in [0.25, 0.3) is 0 Å². The number of likely N-dealkylation sites (tertiary alicyclic amines) is 1. The van der Waals surface area contributed by atoms with E-state index in [2.05, 4.69) is 17.9 Å². The quantitative estimate of drug-likeness (QED) is 0.553. The molecule has 0 spiro atoms. The largest absolute Gasteiger partial charge is 0.359 e. The van der Waals surface area contributed by atoms with Crippen molar-refractivity contribution in [1.82, 2.24) is 10.2 Å². The zero-order valence-corrected chi connectivity index (χ0v) is 7.80. The number of hydrogen-bond acceptors (Lipinski definition) is 3. The summed E-state index contributed by atoms with van der Waals surface area (Å²) < 4.78 is 0. The van der Waals surface area contributed by atoms with E-state index in [-0.39, 0.29) is 23.5 Å². The van der Waals surface area contributed by atoms with Gasteiger partial charge in [-0.25, -0.2) is 0 Å². The van der Waals surface area contributed by atoms with Crippen molar-refractivity contribution >= 4 is 24.4 Å². The average Bonchev–Trinajstić information content (AvgIpc) is 2.01. The van der Waals surface area contributed by atoms with Crippen molar-refractivity contribution in [1.29, 1.82) is 0 Å². The molecule has 0 aliphatic carbocycles. The summed E-state index contributed by atoms with van der Waals surface area (Å²) in [7, 11) is 1.60. The molecule has 0 aromatic carbocycles. The van der Waals surface area contributed by atoms with E-state index in [0.717, 1.165) is 0 Å². The van der Waals surface area contributed by atoms with E-state index >= 15 is 0 Å². The van der Waals surface area contributed by atoms with Gasteiger partial charge < -0.3 is 10.2 Å². The van der Waals surface area contributed by atoms with Crippen molar-refractivity contribution in [3.05, 3.63) is 0 Å². The van der Waals surface area contributed by atoms with E-state index in [0.29, 0.717) is 13.1 Å². The number of amides is 2. The number of carbonyl (C=O) groups excluding carboxylic acids is 2. The fourth-order valence-corrected chi connectivity index (χ4v) is 1.35. The standard InChI is InChI=1S/C7H12N2O2S/c1-8-7(11)5-2-9(3-5)6(10)4-12/h5,12H,2-4H2,1H3,(H,8,11). The van der Waals surface area contributed by atoms with Gasteiger partial charge in [0.05, 0.1) is 11.7 Å². The molecule has 0 radical (unpaired) electrons. The predicted octanol–water partition coefficient (Wildman–Crippen LogP) is -0.879. The van der Waals surface area contributed by atoms with Crippen LogP contribution in [0.5, 0.6) is 0 Å². The van der Waals surface area contributed by atoms with Crippen LogP contribution >= 0.6 is 12.6 Å². The maximum absolute atomic E-state index is 11.0. The lowest BCUT2D eigenvalue weighted by molar-refractivity contribution is -0.140. The number of nitrogens with zero attached hydrogens (tertiary/aromatic N) is 1. The van der Waals surface area contributed by atoms with Gasteiger partial charge in [-0.3, -0.25) is 9.59 Å². The van der Waals surface area contributed by atoms with Gasteiger partial charge in [0, 0.05) is 20.1 Å². The first-order valence-corrected chi connectivity index (χ1v) is 4.42. The van der Waals surface area contributed by atoms with Gasteiger partial charge in [-0.15, -0.1) is 0 Å². The molecular formula is C7H12N2O2S. The van der Waals surface area contributed by atoms with E-state index in [9.17, 15) is 9.59 Å². The van der Waals surface area contributed by atoms with E-state index in [1.807, 2.05) is 0 Å². The molecule has 0 bridgehead atoms. The lowest BCUT2D eigenvalue weighted by Gasteiger charge is -2.37. The molecule has 2 amide bonds. The fourth-order valence-electron chi connectivity index (χ4n) is 1.15. The lowest BCUT2D eigenvalue weighted by atomic mass is 9.99. The topological polar surface area (TPSA) is 49.4 Å². The third-order valence-corrected chi connectivity index (χ3v) is 2.26. The highest BCUT2D eigenvalue weighted by atomic mass is 32.1. The summed E-state index contributed by atoms with van der Waals surface area (Å²) in [6.45, 7) is 1.08. The van der Waals surface area contributed by atoms with E-state index in [1.165, 1.54) is 0 Å². The first-order valence-electron chi connectivity index (χ1n) is 3.79. The Bertz CT molecular complexity index is 182. The molecule has 1 aliphatic heterocycles. The maximum Gasteiger partial charge on any atom is 0.232 e. The van der Waals surface area contributed by atoms with E-state index in [1.54, 1.807) is 11.9 Å². The van der Waals surface area contributed by atoms with Crippen LogP contribution in [-0.4, -0.2) is 42.6 Å². The van der Waals surface area contributed by atoms with E-state index in [4.69, 9.17) is 0 Å². The van der Waals surface area contributed by atoms with Gasteiger partial charge in [0.2, 0.25) is 11.8 Å². The monoisotopic (exact) mass is 188 g/mol. The van der Waals surface area contributed by atoms with Crippen molar-refractivity contribution in [2.45, 2.75) is 0 Å². The molecular weight excluding hydrogens is 176 g/mol. The highest BCUT2D eigenvalue weighted by Crippen LogP contribution is 2.15. The first-order chi connectivity index (χ1) is 5.69. The van der Waals surface area contributed by atoms with Gasteiger partial charge in [-0.1, -0.05) is 0 Å². The van der Waals surface area contributed by atoms with Gasteiger partial charge in [0.1, 0.15) is 0 Å². The second kappa shape index (κ2) is 3.80. The Balaban J connectivity index is 2.28. The summed E-state index contributed by atoms with van der Waals surface area (Å²) >= 11 is 3.86. The molecule has 1 saturated heterocycles. The molecule has 0 aromatic rings. The first kappa shape index (κ1) is 9.38. The number of carbonyl (C=O) groups is 2. The Kier molecular flexibility index (Phi) is 2.97. The molecule has 0 aromatic heterocycles. The van der Waals surface area contributed by atoms with E-state index < -0.39 is 0 Å². The Morgan fingerprint density at radius 1 is 1.58 bits per heavy atom. The van der Waals surface area contributed by atoms with Crippen LogP contribution in [0.4, 0.5) is 0 Å². The van der Waals surface area contributed by atoms with Crippen LogP contribution in [0, 0.1) is 5.92 Å². The minimum absolute atomic E-state index is 0.00140. The van der Waals surface area contributed by atoms with Crippen LogP contribution in [0.15, 0.2) is 0 Å². The predicted molar refractivity (Wildman–Crippen MR) is 48.0 cm³/mol. The molecule has 1 aliphatic rings. The Labute approximate surface area is 76.7 Å². The van der Waals surface area contributed by atoms with Gasteiger partial charge in [-0.05, 0) is 0 Å². The molecule has 5 heteroatoms. The molecule has 1 rings (SSSR count). The van der Waals surface area contributed by atoms with Crippen LogP contribution in [0.3, 0.4) is 0 Å². The molecule has 12 heavy (non-hydrogen) atoms. The minimum atomic E-state index is -0.0150. The zero-order chi connectivity index (χ0) is 9.14. The number of hydrogen-bond donors (Lipinski definition) is 2. The van der Waals surface area contributed by atoms with Crippen LogP contribution < -0.4 is 5.32 Å². The fraction of sp³-hybridized carbons (Fsp3) is 0.714. The summed E-state index contributed by atoms with van der Waals surface area (Å²) in [5.41, 5.74) is 0. The number of thiol groups is 1. The summed E-state index contributed by atoms with van der Waals surface area (Å²) in [5, 5.41) is 2.55. The van der Waals surface area contributed by atoms with Crippen LogP contribution in [0.1, 0.15) is 0 Å². The summed E-state index contributed by atoms with van der Waals surface area (Å²) in [6.07, 6.45) is 0. The second-order valence-corrected chi connectivity index (χ2v) is 3.08. The molecule has 0 unspecified atom stereocenters. The van der Waals surface area contributed by atoms with Gasteiger partial charge in [-0.2, -0.15) is 12.6 Å². The average molecular weight is 188 g/mol. The molecule has 0 atom stereocenters. The highest BCUT2D eigenvalue weighted by molar-refractivity contribution is 7.81. The highest BCUT2D eigenvalue weighted by Gasteiger charge is 2.34. The number of nitrogens with one attached hydrogen (secondary N) is 1. The molecule has 68 valence electrons. The molecule has 1 fully saturated rings. The Hall–Kier alpha value is -0.710. The van der Waals surface area contributed by atoms with Crippen molar-refractivity contribution in [2.75, 3.05) is 25.9 Å². The minimum Gasteiger partial charge on any atom is -0.359 e. The van der Waals surface area contributed by atoms with Gasteiger partial charge >= 0.3 is 0 Å². The maximum atomic E-state index is 11.0. The van der Waals surface area contributed by atoms with Crippen molar-refractivity contribution in [3.63, 3.8) is 0 Å². The number of rotatable bonds is 2. The van der Waals surface area contributed by atoms with Crippen LogP contribution in [0.25, 0.3) is 0 Å².